The lowest BCUT2D eigenvalue weighted by atomic mass is 10.1. The zero-order valence-corrected chi connectivity index (χ0v) is 10.9. The van der Waals surface area contributed by atoms with Crippen molar-refractivity contribution in [3.8, 4) is 0 Å². The number of carboxylic acid groups (broad SMARTS) is 1. The standard InChI is InChI=1S/C12H12BrNO3/c1-7-2-3-10(9(13)4-7)14-6-8(12(16)17)5-11(14)15/h2-4,8H,5-6H2,1H3,(H,16,17)/t8-/m1/s1. The molecule has 0 unspecified atom stereocenters. The van der Waals surface area contributed by atoms with Gasteiger partial charge < -0.3 is 10.0 Å². The molecule has 1 aromatic carbocycles. The summed E-state index contributed by atoms with van der Waals surface area (Å²) in [6.07, 6.45) is 0.0790. The Morgan fingerprint density at radius 2 is 2.24 bits per heavy atom. The molecule has 1 fully saturated rings. The first kappa shape index (κ1) is 12.1. The van der Waals surface area contributed by atoms with Crippen molar-refractivity contribution in [2.24, 2.45) is 5.92 Å². The highest BCUT2D eigenvalue weighted by Crippen LogP contribution is 2.32. The molecule has 1 amide bonds. The number of carbonyl (C=O) groups excluding carboxylic acids is 1. The van der Waals surface area contributed by atoms with Crippen LogP contribution in [0.2, 0.25) is 0 Å². The number of aliphatic carboxylic acids is 1. The average molecular weight is 298 g/mol. The fraction of sp³-hybridized carbons (Fsp3) is 0.333. The number of halogens is 1. The van der Waals surface area contributed by atoms with Gasteiger partial charge in [-0.05, 0) is 40.5 Å². The highest BCUT2D eigenvalue weighted by atomic mass is 79.9. The summed E-state index contributed by atoms with van der Waals surface area (Å²) in [6.45, 7) is 2.20. The molecule has 0 aromatic heterocycles. The Morgan fingerprint density at radius 1 is 1.53 bits per heavy atom. The van der Waals surface area contributed by atoms with Crippen molar-refractivity contribution in [3.05, 3.63) is 28.2 Å². The van der Waals surface area contributed by atoms with Gasteiger partial charge in [0.05, 0.1) is 11.6 Å². The summed E-state index contributed by atoms with van der Waals surface area (Å²) < 4.78 is 0.817. The summed E-state index contributed by atoms with van der Waals surface area (Å²) >= 11 is 3.40. The van der Waals surface area contributed by atoms with Crippen LogP contribution in [0.1, 0.15) is 12.0 Å². The lowest BCUT2D eigenvalue weighted by Gasteiger charge is -2.18. The first-order chi connectivity index (χ1) is 7.99. The number of anilines is 1. The monoisotopic (exact) mass is 297 g/mol. The van der Waals surface area contributed by atoms with Gasteiger partial charge in [0.2, 0.25) is 5.91 Å². The van der Waals surface area contributed by atoms with Gasteiger partial charge in [-0.1, -0.05) is 6.07 Å². The van der Waals surface area contributed by atoms with E-state index in [9.17, 15) is 9.59 Å². The summed E-state index contributed by atoms with van der Waals surface area (Å²) in [7, 11) is 0. The summed E-state index contributed by atoms with van der Waals surface area (Å²) in [4.78, 5) is 24.2. The Labute approximate surface area is 107 Å². The molecule has 4 nitrogen and oxygen atoms in total. The lowest BCUT2D eigenvalue weighted by Crippen LogP contribution is -2.26. The van der Waals surface area contributed by atoms with Crippen LogP contribution in [-0.4, -0.2) is 23.5 Å². The van der Waals surface area contributed by atoms with Crippen LogP contribution >= 0.6 is 15.9 Å². The van der Waals surface area contributed by atoms with Crippen LogP contribution in [0.3, 0.4) is 0 Å². The van der Waals surface area contributed by atoms with Crippen molar-refractivity contribution >= 4 is 33.5 Å². The van der Waals surface area contributed by atoms with Gasteiger partial charge in [0.1, 0.15) is 0 Å². The second-order valence-corrected chi connectivity index (χ2v) is 5.05. The van der Waals surface area contributed by atoms with E-state index in [1.807, 2.05) is 25.1 Å². The average Bonchev–Trinajstić information content (AvgIpc) is 2.61. The predicted octanol–water partition coefficient (Wildman–Crippen LogP) is 2.20. The number of nitrogens with zero attached hydrogens (tertiary/aromatic N) is 1. The minimum absolute atomic E-state index is 0.0790. The van der Waals surface area contributed by atoms with Gasteiger partial charge in [-0.2, -0.15) is 0 Å². The Kier molecular flexibility index (Phi) is 3.19. The molecule has 1 saturated heterocycles. The van der Waals surface area contributed by atoms with E-state index in [0.29, 0.717) is 0 Å². The molecule has 0 spiro atoms. The molecule has 1 heterocycles. The molecular formula is C12H12BrNO3. The SMILES string of the molecule is Cc1ccc(N2C[C@H](C(=O)O)CC2=O)c(Br)c1. The number of aryl methyl sites for hydroxylation is 1. The van der Waals surface area contributed by atoms with Crippen molar-refractivity contribution in [1.82, 2.24) is 0 Å². The maximum absolute atomic E-state index is 11.8. The fourth-order valence-corrected chi connectivity index (χ4v) is 2.64. The highest BCUT2D eigenvalue weighted by molar-refractivity contribution is 9.10. The Bertz CT molecular complexity index is 487. The van der Waals surface area contributed by atoms with Crippen LogP contribution in [0.25, 0.3) is 0 Å². The van der Waals surface area contributed by atoms with Crippen LogP contribution in [0.5, 0.6) is 0 Å². The summed E-state index contributed by atoms with van der Waals surface area (Å²) in [5, 5.41) is 8.92. The quantitative estimate of drug-likeness (QED) is 0.910. The Morgan fingerprint density at radius 3 is 2.76 bits per heavy atom. The third-order valence-electron chi connectivity index (χ3n) is 2.87. The van der Waals surface area contributed by atoms with Gasteiger partial charge in [0, 0.05) is 17.4 Å². The van der Waals surface area contributed by atoms with E-state index in [2.05, 4.69) is 15.9 Å². The third kappa shape index (κ3) is 2.34. The molecule has 90 valence electrons. The number of carboxylic acids is 1. The van der Waals surface area contributed by atoms with Crippen LogP contribution in [0, 0.1) is 12.8 Å². The smallest absolute Gasteiger partial charge is 0.308 e. The second kappa shape index (κ2) is 4.49. The van der Waals surface area contributed by atoms with Crippen LogP contribution in [-0.2, 0) is 9.59 Å². The predicted molar refractivity (Wildman–Crippen MR) is 67.0 cm³/mol. The Hall–Kier alpha value is -1.36. The highest BCUT2D eigenvalue weighted by Gasteiger charge is 2.35. The first-order valence-electron chi connectivity index (χ1n) is 5.28. The fourth-order valence-electron chi connectivity index (χ4n) is 1.94. The number of benzene rings is 1. The van der Waals surface area contributed by atoms with E-state index in [1.54, 1.807) is 0 Å². The Balaban J connectivity index is 2.29. The van der Waals surface area contributed by atoms with Crippen molar-refractivity contribution in [2.75, 3.05) is 11.4 Å². The second-order valence-electron chi connectivity index (χ2n) is 4.20. The molecule has 1 aromatic rings. The topological polar surface area (TPSA) is 57.6 Å². The molecule has 17 heavy (non-hydrogen) atoms. The van der Waals surface area contributed by atoms with E-state index in [-0.39, 0.29) is 18.9 Å². The molecule has 5 heteroatoms. The molecule has 1 aliphatic rings. The molecule has 0 aliphatic carbocycles. The summed E-state index contributed by atoms with van der Waals surface area (Å²) in [5.41, 5.74) is 1.83. The van der Waals surface area contributed by atoms with E-state index in [0.717, 1.165) is 15.7 Å². The van der Waals surface area contributed by atoms with Gasteiger partial charge in [-0.3, -0.25) is 9.59 Å². The molecule has 1 atom stereocenters. The van der Waals surface area contributed by atoms with Crippen LogP contribution < -0.4 is 4.90 Å². The zero-order valence-electron chi connectivity index (χ0n) is 9.31. The largest absolute Gasteiger partial charge is 0.481 e. The normalized spacial score (nSPS) is 19.8. The van der Waals surface area contributed by atoms with Crippen molar-refractivity contribution in [3.63, 3.8) is 0 Å². The lowest BCUT2D eigenvalue weighted by molar-refractivity contribution is -0.141. The van der Waals surface area contributed by atoms with Crippen molar-refractivity contribution in [1.29, 1.82) is 0 Å². The van der Waals surface area contributed by atoms with E-state index >= 15 is 0 Å². The zero-order chi connectivity index (χ0) is 12.6. The molecule has 1 N–H and O–H groups in total. The van der Waals surface area contributed by atoms with Crippen molar-refractivity contribution in [2.45, 2.75) is 13.3 Å². The van der Waals surface area contributed by atoms with E-state index < -0.39 is 11.9 Å². The molecule has 0 radical (unpaired) electrons. The van der Waals surface area contributed by atoms with Gasteiger partial charge in [0.25, 0.3) is 0 Å². The molecular weight excluding hydrogens is 286 g/mol. The van der Waals surface area contributed by atoms with E-state index in [4.69, 9.17) is 5.11 Å². The number of amides is 1. The number of hydrogen-bond acceptors (Lipinski definition) is 2. The maximum Gasteiger partial charge on any atom is 0.308 e. The number of hydrogen-bond donors (Lipinski definition) is 1. The third-order valence-corrected chi connectivity index (χ3v) is 3.50. The molecule has 1 aliphatic heterocycles. The summed E-state index contributed by atoms with van der Waals surface area (Å²) in [5.74, 6) is -1.65. The molecule has 0 bridgehead atoms. The number of rotatable bonds is 2. The molecule has 2 rings (SSSR count). The van der Waals surface area contributed by atoms with Gasteiger partial charge in [0.15, 0.2) is 0 Å². The van der Waals surface area contributed by atoms with Gasteiger partial charge in [-0.25, -0.2) is 0 Å². The van der Waals surface area contributed by atoms with Gasteiger partial charge in [-0.15, -0.1) is 0 Å². The minimum atomic E-state index is -0.913. The van der Waals surface area contributed by atoms with Crippen LogP contribution in [0.15, 0.2) is 22.7 Å². The first-order valence-corrected chi connectivity index (χ1v) is 6.07. The van der Waals surface area contributed by atoms with Crippen molar-refractivity contribution < 1.29 is 14.7 Å². The van der Waals surface area contributed by atoms with E-state index in [1.165, 1.54) is 4.90 Å². The summed E-state index contributed by atoms with van der Waals surface area (Å²) in [6, 6.07) is 5.65. The molecule has 0 saturated carbocycles. The van der Waals surface area contributed by atoms with Gasteiger partial charge >= 0.3 is 5.97 Å². The number of carbonyl (C=O) groups is 2. The minimum Gasteiger partial charge on any atom is -0.481 e. The van der Waals surface area contributed by atoms with Crippen LogP contribution in [0.4, 0.5) is 5.69 Å². The maximum atomic E-state index is 11.8.